The van der Waals surface area contributed by atoms with Crippen LogP contribution in [0.25, 0.3) is 0 Å². The van der Waals surface area contributed by atoms with Gasteiger partial charge in [-0.2, -0.15) is 0 Å². The fourth-order valence-electron chi connectivity index (χ4n) is 2.61. The molecule has 27 heavy (non-hydrogen) atoms. The molecule has 0 fully saturated rings. The molecule has 144 valence electrons. The summed E-state index contributed by atoms with van der Waals surface area (Å²) < 4.78 is 21.9. The maximum absolute atomic E-state index is 11.8. The molecule has 2 aromatic carbocycles. The Kier molecular flexibility index (Phi) is 7.19. The van der Waals surface area contributed by atoms with Gasteiger partial charge >= 0.3 is 0 Å². The molecule has 0 atom stereocenters. The fourth-order valence-corrected chi connectivity index (χ4v) is 2.89. The number of rotatable bonds is 9. The maximum atomic E-state index is 11.8. The Labute approximate surface area is 163 Å². The lowest BCUT2D eigenvalue weighted by Gasteiger charge is -2.20. The van der Waals surface area contributed by atoms with Gasteiger partial charge in [-0.1, -0.05) is 29.8 Å². The highest BCUT2D eigenvalue weighted by molar-refractivity contribution is 6.32. The van der Waals surface area contributed by atoms with Gasteiger partial charge in [-0.3, -0.25) is 4.79 Å². The van der Waals surface area contributed by atoms with E-state index < -0.39 is 0 Å². The molecule has 0 unspecified atom stereocenters. The first kappa shape index (κ1) is 19.3. The number of nitrogens with one attached hydrogen (secondary N) is 1. The van der Waals surface area contributed by atoms with Gasteiger partial charge in [0.15, 0.2) is 11.5 Å². The van der Waals surface area contributed by atoms with Crippen molar-refractivity contribution in [3.8, 4) is 17.2 Å². The predicted octanol–water partition coefficient (Wildman–Crippen LogP) is 2.87. The van der Waals surface area contributed by atoms with E-state index in [4.69, 9.17) is 30.5 Å². The lowest BCUT2D eigenvalue weighted by atomic mass is 10.1. The fraction of sp³-hybridized carbons (Fsp3) is 0.350. The summed E-state index contributed by atoms with van der Waals surface area (Å²) in [6, 6.07) is 13.2. The van der Waals surface area contributed by atoms with E-state index in [1.165, 1.54) is 0 Å². The Bertz CT molecular complexity index is 754. The maximum Gasteiger partial charge on any atom is 0.246 e. The van der Waals surface area contributed by atoms with E-state index in [0.717, 1.165) is 11.3 Å². The number of fused-ring (bicyclic) bond motifs is 1. The van der Waals surface area contributed by atoms with Crippen LogP contribution in [-0.4, -0.2) is 45.5 Å². The molecular formula is C20H22ClNO5. The van der Waals surface area contributed by atoms with E-state index >= 15 is 0 Å². The van der Waals surface area contributed by atoms with Crippen LogP contribution in [0.4, 0.5) is 0 Å². The van der Waals surface area contributed by atoms with Gasteiger partial charge in [0, 0.05) is 6.54 Å². The van der Waals surface area contributed by atoms with Crippen LogP contribution in [0.5, 0.6) is 17.2 Å². The molecular weight excluding hydrogens is 370 g/mol. The third kappa shape index (κ3) is 6.05. The van der Waals surface area contributed by atoms with Gasteiger partial charge in [-0.15, -0.1) is 0 Å². The molecule has 6 nitrogen and oxygen atoms in total. The summed E-state index contributed by atoms with van der Waals surface area (Å²) >= 11 is 6.21. The van der Waals surface area contributed by atoms with Gasteiger partial charge in [-0.25, -0.2) is 0 Å². The van der Waals surface area contributed by atoms with Crippen LogP contribution in [0, 0.1) is 0 Å². The summed E-state index contributed by atoms with van der Waals surface area (Å²) in [6.45, 7) is 2.24. The number of para-hydroxylation sites is 1. The molecule has 2 aromatic rings. The first-order valence-corrected chi connectivity index (χ1v) is 9.20. The smallest absolute Gasteiger partial charge is 0.246 e. The van der Waals surface area contributed by atoms with E-state index in [2.05, 4.69) is 5.32 Å². The summed E-state index contributed by atoms with van der Waals surface area (Å²) in [4.78, 5) is 11.8. The number of halogens is 1. The molecule has 7 heteroatoms. The highest BCUT2D eigenvalue weighted by Crippen LogP contribution is 2.38. The Morgan fingerprint density at radius 3 is 2.78 bits per heavy atom. The van der Waals surface area contributed by atoms with Crippen molar-refractivity contribution in [2.45, 2.75) is 6.42 Å². The van der Waals surface area contributed by atoms with Crippen molar-refractivity contribution in [3.63, 3.8) is 0 Å². The zero-order valence-electron chi connectivity index (χ0n) is 14.9. The van der Waals surface area contributed by atoms with Crippen LogP contribution in [0.1, 0.15) is 5.56 Å². The molecule has 0 aromatic heterocycles. The minimum Gasteiger partial charge on any atom is -0.491 e. The van der Waals surface area contributed by atoms with Crippen LogP contribution >= 0.6 is 11.6 Å². The Hall–Kier alpha value is -2.44. The second-order valence-corrected chi connectivity index (χ2v) is 6.32. The molecule has 1 amide bonds. The molecule has 1 heterocycles. The monoisotopic (exact) mass is 391 g/mol. The van der Waals surface area contributed by atoms with Crippen LogP contribution in [0.2, 0.25) is 5.02 Å². The largest absolute Gasteiger partial charge is 0.491 e. The first-order chi connectivity index (χ1) is 13.2. The summed E-state index contributed by atoms with van der Waals surface area (Å²) in [5, 5.41) is 3.34. The standard InChI is InChI=1S/C20H22ClNO5/c21-17-12-15(13-18-20(17)27-11-10-26-18)6-7-22-19(23)14-24-8-9-25-16-4-2-1-3-5-16/h1-5,12-13H,6-11,14H2,(H,22,23). The number of carbonyl (C=O) groups is 1. The van der Waals surface area contributed by atoms with Crippen molar-refractivity contribution < 1.29 is 23.7 Å². The second kappa shape index (κ2) is 10.0. The number of benzene rings is 2. The van der Waals surface area contributed by atoms with Gasteiger partial charge in [0.1, 0.15) is 32.2 Å². The summed E-state index contributed by atoms with van der Waals surface area (Å²) in [5.41, 5.74) is 0.974. The van der Waals surface area contributed by atoms with Gasteiger partial charge in [0.05, 0.1) is 11.6 Å². The molecule has 0 spiro atoms. The Morgan fingerprint density at radius 1 is 1.11 bits per heavy atom. The minimum absolute atomic E-state index is 0.0000444. The molecule has 0 radical (unpaired) electrons. The highest BCUT2D eigenvalue weighted by Gasteiger charge is 2.16. The van der Waals surface area contributed by atoms with E-state index in [9.17, 15) is 4.79 Å². The molecule has 1 N–H and O–H groups in total. The average Bonchev–Trinajstić information content (AvgIpc) is 2.69. The van der Waals surface area contributed by atoms with Crippen LogP contribution < -0.4 is 19.5 Å². The van der Waals surface area contributed by atoms with Crippen molar-refractivity contribution in [1.29, 1.82) is 0 Å². The van der Waals surface area contributed by atoms with Crippen LogP contribution in [0.15, 0.2) is 42.5 Å². The van der Waals surface area contributed by atoms with Gasteiger partial charge in [0.2, 0.25) is 5.91 Å². The molecule has 0 bridgehead atoms. The third-order valence-electron chi connectivity index (χ3n) is 3.87. The zero-order chi connectivity index (χ0) is 18.9. The normalized spacial score (nSPS) is 12.5. The van der Waals surface area contributed by atoms with Crippen molar-refractivity contribution in [2.24, 2.45) is 0 Å². The Morgan fingerprint density at radius 2 is 1.93 bits per heavy atom. The molecule has 1 aliphatic rings. The number of hydrogen-bond donors (Lipinski definition) is 1. The van der Waals surface area contributed by atoms with E-state index in [1.807, 2.05) is 42.5 Å². The average molecular weight is 392 g/mol. The molecule has 3 rings (SSSR count). The summed E-state index contributed by atoms with van der Waals surface area (Å²) in [6.07, 6.45) is 0.638. The minimum atomic E-state index is -0.168. The number of hydrogen-bond acceptors (Lipinski definition) is 5. The quantitative estimate of drug-likeness (QED) is 0.666. The number of carbonyl (C=O) groups excluding carboxylic acids is 1. The molecule has 1 aliphatic heterocycles. The zero-order valence-corrected chi connectivity index (χ0v) is 15.7. The number of amides is 1. The van der Waals surface area contributed by atoms with Gasteiger partial charge in [-0.05, 0) is 36.2 Å². The predicted molar refractivity (Wildman–Crippen MR) is 102 cm³/mol. The van der Waals surface area contributed by atoms with Crippen molar-refractivity contribution >= 4 is 17.5 Å². The molecule has 0 saturated heterocycles. The summed E-state index contributed by atoms with van der Waals surface area (Å²) in [5.74, 6) is 1.85. The second-order valence-electron chi connectivity index (χ2n) is 5.92. The van der Waals surface area contributed by atoms with Crippen molar-refractivity contribution in [3.05, 3.63) is 53.1 Å². The van der Waals surface area contributed by atoms with E-state index in [0.29, 0.717) is 55.9 Å². The van der Waals surface area contributed by atoms with Crippen molar-refractivity contribution in [1.82, 2.24) is 5.32 Å². The lowest BCUT2D eigenvalue weighted by Crippen LogP contribution is -2.30. The highest BCUT2D eigenvalue weighted by atomic mass is 35.5. The van der Waals surface area contributed by atoms with Crippen LogP contribution in [-0.2, 0) is 16.0 Å². The first-order valence-electron chi connectivity index (χ1n) is 8.82. The van der Waals surface area contributed by atoms with Gasteiger partial charge in [0.25, 0.3) is 0 Å². The number of ether oxygens (including phenoxy) is 4. The van der Waals surface area contributed by atoms with Crippen molar-refractivity contribution in [2.75, 3.05) is 39.6 Å². The van der Waals surface area contributed by atoms with E-state index in [1.54, 1.807) is 0 Å². The van der Waals surface area contributed by atoms with Gasteiger partial charge < -0.3 is 24.3 Å². The van der Waals surface area contributed by atoms with Crippen LogP contribution in [0.3, 0.4) is 0 Å². The molecule has 0 aliphatic carbocycles. The summed E-state index contributed by atoms with van der Waals surface area (Å²) in [7, 11) is 0. The molecule has 0 saturated carbocycles. The lowest BCUT2D eigenvalue weighted by molar-refractivity contribution is -0.125. The topological polar surface area (TPSA) is 66.0 Å². The van der Waals surface area contributed by atoms with E-state index in [-0.39, 0.29) is 12.5 Å². The third-order valence-corrected chi connectivity index (χ3v) is 4.15. The Balaban J connectivity index is 1.31. The SMILES string of the molecule is O=C(COCCOc1ccccc1)NCCc1cc(Cl)c2c(c1)OCCO2.